The summed E-state index contributed by atoms with van der Waals surface area (Å²) in [6, 6.07) is 0. The maximum Gasteiger partial charge on any atom is 0.303 e. The zero-order chi connectivity index (χ0) is 13.8. The van der Waals surface area contributed by atoms with Crippen LogP contribution in [0.15, 0.2) is 0 Å². The Morgan fingerprint density at radius 3 is 2.44 bits per heavy atom. The van der Waals surface area contributed by atoms with Crippen LogP contribution in [0, 0.1) is 11.8 Å². The fraction of sp³-hybridized carbons (Fsp3) is 0.857. The molecule has 1 aliphatic rings. The summed E-state index contributed by atoms with van der Waals surface area (Å²) in [5.41, 5.74) is -0.438. The second-order valence-electron chi connectivity index (χ2n) is 6.14. The molecule has 1 fully saturated rings. The van der Waals surface area contributed by atoms with Crippen molar-refractivity contribution in [3.05, 3.63) is 0 Å². The van der Waals surface area contributed by atoms with E-state index in [4.69, 9.17) is 5.11 Å². The molecule has 2 unspecified atom stereocenters. The normalized spacial score (nSPS) is 24.6. The smallest absolute Gasteiger partial charge is 0.303 e. The fourth-order valence-corrected chi connectivity index (χ4v) is 2.61. The van der Waals surface area contributed by atoms with Crippen molar-refractivity contribution in [2.24, 2.45) is 11.8 Å². The maximum absolute atomic E-state index is 12.2. The van der Waals surface area contributed by atoms with Crippen LogP contribution in [0.3, 0.4) is 0 Å². The number of hydrogen-bond donors (Lipinski definition) is 2. The number of nitrogens with one attached hydrogen (secondary N) is 1. The first-order valence-electron chi connectivity index (χ1n) is 6.85. The lowest BCUT2D eigenvalue weighted by Crippen LogP contribution is -2.48. The summed E-state index contributed by atoms with van der Waals surface area (Å²) >= 11 is 0. The summed E-state index contributed by atoms with van der Waals surface area (Å²) in [6.45, 7) is 5.91. The first-order chi connectivity index (χ1) is 8.32. The summed E-state index contributed by atoms with van der Waals surface area (Å²) in [4.78, 5) is 22.8. The first kappa shape index (κ1) is 15.0. The molecule has 0 aromatic heterocycles. The van der Waals surface area contributed by atoms with Crippen molar-refractivity contribution in [2.45, 2.75) is 64.8 Å². The zero-order valence-electron chi connectivity index (χ0n) is 11.7. The molecule has 0 bridgehead atoms. The van der Waals surface area contributed by atoms with E-state index in [1.165, 1.54) is 6.42 Å². The molecule has 18 heavy (non-hydrogen) atoms. The number of aliphatic carboxylic acids is 1. The molecule has 0 aromatic rings. The molecule has 1 aliphatic carbocycles. The Bertz CT molecular complexity index is 312. The number of carbonyl (C=O) groups is 2. The number of amides is 1. The Labute approximate surface area is 109 Å². The predicted molar refractivity (Wildman–Crippen MR) is 70.2 cm³/mol. The average Bonchev–Trinajstić information content (AvgIpc) is 2.26. The Morgan fingerprint density at radius 1 is 1.28 bits per heavy atom. The molecule has 0 spiro atoms. The van der Waals surface area contributed by atoms with Crippen LogP contribution in [0.1, 0.15) is 59.3 Å². The molecule has 0 heterocycles. The van der Waals surface area contributed by atoms with Crippen molar-refractivity contribution in [1.29, 1.82) is 0 Å². The molecule has 0 saturated heterocycles. The van der Waals surface area contributed by atoms with Crippen molar-refractivity contribution in [3.63, 3.8) is 0 Å². The summed E-state index contributed by atoms with van der Waals surface area (Å²) in [5, 5.41) is 11.7. The minimum absolute atomic E-state index is 0.0908. The van der Waals surface area contributed by atoms with Gasteiger partial charge in [-0.15, -0.1) is 0 Å². The SMILES string of the molecule is CC1CCCCC1C(=O)NC(C)(C)CCC(=O)O. The van der Waals surface area contributed by atoms with E-state index in [1.54, 1.807) is 0 Å². The van der Waals surface area contributed by atoms with Gasteiger partial charge in [0.25, 0.3) is 0 Å². The first-order valence-corrected chi connectivity index (χ1v) is 6.85. The molecule has 2 N–H and O–H groups in total. The number of carboxylic acids is 1. The highest BCUT2D eigenvalue weighted by molar-refractivity contribution is 5.79. The van der Waals surface area contributed by atoms with E-state index in [2.05, 4.69) is 12.2 Å². The lowest BCUT2D eigenvalue weighted by molar-refractivity contribution is -0.138. The van der Waals surface area contributed by atoms with E-state index in [-0.39, 0.29) is 18.2 Å². The van der Waals surface area contributed by atoms with E-state index in [9.17, 15) is 9.59 Å². The Kier molecular flexibility index (Phi) is 5.17. The molecule has 0 aromatic carbocycles. The Morgan fingerprint density at radius 2 is 1.89 bits per heavy atom. The lowest BCUT2D eigenvalue weighted by Gasteiger charge is -2.32. The van der Waals surface area contributed by atoms with Gasteiger partial charge in [-0.05, 0) is 39.0 Å². The van der Waals surface area contributed by atoms with Gasteiger partial charge in [-0.1, -0.05) is 19.8 Å². The van der Waals surface area contributed by atoms with E-state index < -0.39 is 11.5 Å². The number of rotatable bonds is 5. The van der Waals surface area contributed by atoms with E-state index in [0.717, 1.165) is 19.3 Å². The molecule has 104 valence electrons. The number of hydrogen-bond acceptors (Lipinski definition) is 2. The van der Waals surface area contributed by atoms with Crippen LogP contribution in [-0.2, 0) is 9.59 Å². The molecular weight excluding hydrogens is 230 g/mol. The zero-order valence-corrected chi connectivity index (χ0v) is 11.7. The van der Waals surface area contributed by atoms with Gasteiger partial charge in [0, 0.05) is 17.9 Å². The van der Waals surface area contributed by atoms with Crippen LogP contribution in [0.4, 0.5) is 0 Å². The summed E-state index contributed by atoms with van der Waals surface area (Å²) in [5.74, 6) is -0.183. The highest BCUT2D eigenvalue weighted by Crippen LogP contribution is 2.30. The monoisotopic (exact) mass is 255 g/mol. The third-order valence-corrected chi connectivity index (χ3v) is 3.87. The van der Waals surface area contributed by atoms with Gasteiger partial charge in [0.05, 0.1) is 0 Å². The van der Waals surface area contributed by atoms with Crippen LogP contribution in [0.2, 0.25) is 0 Å². The van der Waals surface area contributed by atoms with Crippen LogP contribution in [-0.4, -0.2) is 22.5 Å². The van der Waals surface area contributed by atoms with Crippen molar-refractivity contribution >= 4 is 11.9 Å². The van der Waals surface area contributed by atoms with Gasteiger partial charge in [-0.2, -0.15) is 0 Å². The molecule has 0 aliphatic heterocycles. The quantitative estimate of drug-likeness (QED) is 0.793. The summed E-state index contributed by atoms with van der Waals surface area (Å²) in [7, 11) is 0. The second-order valence-corrected chi connectivity index (χ2v) is 6.14. The third kappa shape index (κ3) is 4.67. The van der Waals surface area contributed by atoms with Crippen LogP contribution < -0.4 is 5.32 Å². The van der Waals surface area contributed by atoms with Crippen molar-refractivity contribution < 1.29 is 14.7 Å². The molecule has 1 saturated carbocycles. The van der Waals surface area contributed by atoms with Crippen molar-refractivity contribution in [2.75, 3.05) is 0 Å². The van der Waals surface area contributed by atoms with Crippen LogP contribution in [0.25, 0.3) is 0 Å². The van der Waals surface area contributed by atoms with E-state index in [1.807, 2.05) is 13.8 Å². The van der Waals surface area contributed by atoms with Gasteiger partial charge in [0.2, 0.25) is 5.91 Å². The molecule has 2 atom stereocenters. The van der Waals surface area contributed by atoms with E-state index in [0.29, 0.717) is 12.3 Å². The topological polar surface area (TPSA) is 66.4 Å². The highest BCUT2D eigenvalue weighted by atomic mass is 16.4. The van der Waals surface area contributed by atoms with Crippen LogP contribution >= 0.6 is 0 Å². The molecular formula is C14H25NO3. The second kappa shape index (κ2) is 6.21. The standard InChI is InChI=1S/C14H25NO3/c1-10-6-4-5-7-11(10)13(18)15-14(2,3)9-8-12(16)17/h10-11H,4-9H2,1-3H3,(H,15,18)(H,16,17). The summed E-state index contributed by atoms with van der Waals surface area (Å²) in [6.07, 6.45) is 4.98. The average molecular weight is 255 g/mol. The van der Waals surface area contributed by atoms with Gasteiger partial charge >= 0.3 is 5.97 Å². The molecule has 4 nitrogen and oxygen atoms in total. The maximum atomic E-state index is 12.2. The number of carboxylic acid groups (broad SMARTS) is 1. The van der Waals surface area contributed by atoms with Gasteiger partial charge in [-0.3, -0.25) is 9.59 Å². The van der Waals surface area contributed by atoms with Gasteiger partial charge in [0.15, 0.2) is 0 Å². The van der Waals surface area contributed by atoms with Crippen LogP contribution in [0.5, 0.6) is 0 Å². The minimum atomic E-state index is -0.816. The minimum Gasteiger partial charge on any atom is -0.481 e. The number of carbonyl (C=O) groups excluding carboxylic acids is 1. The van der Waals surface area contributed by atoms with Gasteiger partial charge in [-0.25, -0.2) is 0 Å². The van der Waals surface area contributed by atoms with Crippen molar-refractivity contribution in [1.82, 2.24) is 5.32 Å². The largest absolute Gasteiger partial charge is 0.481 e. The molecule has 1 rings (SSSR count). The Hall–Kier alpha value is -1.06. The van der Waals surface area contributed by atoms with Gasteiger partial charge in [0.1, 0.15) is 0 Å². The Balaban J connectivity index is 2.49. The van der Waals surface area contributed by atoms with E-state index >= 15 is 0 Å². The molecule has 0 radical (unpaired) electrons. The summed E-state index contributed by atoms with van der Waals surface area (Å²) < 4.78 is 0. The lowest BCUT2D eigenvalue weighted by atomic mass is 9.79. The highest BCUT2D eigenvalue weighted by Gasteiger charge is 2.31. The third-order valence-electron chi connectivity index (χ3n) is 3.87. The molecule has 1 amide bonds. The van der Waals surface area contributed by atoms with Crippen molar-refractivity contribution in [3.8, 4) is 0 Å². The predicted octanol–water partition coefficient (Wildman–Crippen LogP) is 2.57. The fourth-order valence-electron chi connectivity index (χ4n) is 2.61. The van der Waals surface area contributed by atoms with Gasteiger partial charge < -0.3 is 10.4 Å². The molecule has 4 heteroatoms.